The second-order valence-electron chi connectivity index (χ2n) is 7.95. The first-order valence-electron chi connectivity index (χ1n) is 10.7. The standard InChI is InChI=1S/C25H27N3O3S/c1-20-11-13-22(14-12-20)32(30,31)28-17-15-27(16-18-28)19-25(29)26-24-10-6-5-9-23(24)21-7-3-2-4-8-21/h2-14H,15-19H2,1H3,(H,26,29). The van der Waals surface area contributed by atoms with Crippen molar-refractivity contribution in [2.45, 2.75) is 11.8 Å². The van der Waals surface area contributed by atoms with Gasteiger partial charge >= 0.3 is 0 Å². The maximum absolute atomic E-state index is 12.9. The van der Waals surface area contributed by atoms with Crippen LogP contribution in [0.5, 0.6) is 0 Å². The molecule has 4 rings (SSSR count). The molecule has 3 aromatic rings. The lowest BCUT2D eigenvalue weighted by molar-refractivity contribution is -0.117. The lowest BCUT2D eigenvalue weighted by Gasteiger charge is -2.33. The zero-order valence-corrected chi connectivity index (χ0v) is 18.9. The Balaban J connectivity index is 1.35. The van der Waals surface area contributed by atoms with Crippen LogP contribution in [0.15, 0.2) is 83.8 Å². The summed E-state index contributed by atoms with van der Waals surface area (Å²) in [5.41, 5.74) is 3.80. The molecular weight excluding hydrogens is 422 g/mol. The van der Waals surface area contributed by atoms with Crippen LogP contribution in [-0.4, -0.2) is 56.3 Å². The van der Waals surface area contributed by atoms with Crippen LogP contribution in [0.3, 0.4) is 0 Å². The van der Waals surface area contributed by atoms with Crippen LogP contribution in [0.1, 0.15) is 5.56 Å². The predicted octanol–water partition coefficient (Wildman–Crippen LogP) is 3.61. The van der Waals surface area contributed by atoms with Crippen LogP contribution in [0.4, 0.5) is 5.69 Å². The third-order valence-corrected chi connectivity index (χ3v) is 7.56. The van der Waals surface area contributed by atoms with Gasteiger partial charge < -0.3 is 5.32 Å². The summed E-state index contributed by atoms with van der Waals surface area (Å²) in [7, 11) is -3.51. The lowest BCUT2D eigenvalue weighted by atomic mass is 10.0. The van der Waals surface area contributed by atoms with Gasteiger partial charge in [-0.05, 0) is 30.7 Å². The Morgan fingerprint density at radius 1 is 0.844 bits per heavy atom. The molecule has 1 aliphatic rings. The van der Waals surface area contributed by atoms with Gasteiger partial charge in [-0.2, -0.15) is 4.31 Å². The molecule has 0 aromatic heterocycles. The number of hydrogen-bond donors (Lipinski definition) is 1. The number of para-hydroxylation sites is 1. The van der Waals surface area contributed by atoms with Gasteiger partial charge in [0.05, 0.1) is 11.4 Å². The first-order chi connectivity index (χ1) is 15.4. The maximum Gasteiger partial charge on any atom is 0.243 e. The fourth-order valence-electron chi connectivity index (χ4n) is 3.84. The summed E-state index contributed by atoms with van der Waals surface area (Å²) in [4.78, 5) is 15.0. The van der Waals surface area contributed by atoms with E-state index in [0.717, 1.165) is 22.4 Å². The molecule has 32 heavy (non-hydrogen) atoms. The van der Waals surface area contributed by atoms with Gasteiger partial charge in [0.2, 0.25) is 15.9 Å². The highest BCUT2D eigenvalue weighted by Gasteiger charge is 2.29. The summed E-state index contributed by atoms with van der Waals surface area (Å²) in [5.74, 6) is -0.108. The zero-order valence-electron chi connectivity index (χ0n) is 18.1. The van der Waals surface area contributed by atoms with Crippen LogP contribution in [0.2, 0.25) is 0 Å². The summed E-state index contributed by atoms with van der Waals surface area (Å²) in [6, 6.07) is 24.6. The predicted molar refractivity (Wildman–Crippen MR) is 127 cm³/mol. The average molecular weight is 450 g/mol. The summed E-state index contributed by atoms with van der Waals surface area (Å²) >= 11 is 0. The molecule has 3 aromatic carbocycles. The van der Waals surface area contributed by atoms with Crippen molar-refractivity contribution in [3.05, 3.63) is 84.4 Å². The minimum Gasteiger partial charge on any atom is -0.324 e. The van der Waals surface area contributed by atoms with Gasteiger partial charge in [-0.3, -0.25) is 9.69 Å². The fraction of sp³-hybridized carbons (Fsp3) is 0.240. The number of carbonyl (C=O) groups is 1. The SMILES string of the molecule is Cc1ccc(S(=O)(=O)N2CCN(CC(=O)Nc3ccccc3-c3ccccc3)CC2)cc1. The summed E-state index contributed by atoms with van der Waals surface area (Å²) in [6.45, 7) is 3.91. The Kier molecular flexibility index (Phi) is 6.69. The molecule has 0 aliphatic carbocycles. The molecule has 1 N–H and O–H groups in total. The van der Waals surface area contributed by atoms with Crippen molar-refractivity contribution in [2.24, 2.45) is 0 Å². The van der Waals surface area contributed by atoms with Crippen molar-refractivity contribution in [1.29, 1.82) is 0 Å². The van der Waals surface area contributed by atoms with Crippen molar-refractivity contribution in [1.82, 2.24) is 9.21 Å². The average Bonchev–Trinajstić information content (AvgIpc) is 2.80. The van der Waals surface area contributed by atoms with E-state index >= 15 is 0 Å². The Morgan fingerprint density at radius 3 is 2.16 bits per heavy atom. The van der Waals surface area contributed by atoms with E-state index in [1.807, 2.05) is 66.4 Å². The Bertz CT molecular complexity index is 1170. The summed E-state index contributed by atoms with van der Waals surface area (Å²) in [6.07, 6.45) is 0. The third-order valence-electron chi connectivity index (χ3n) is 5.64. The van der Waals surface area contributed by atoms with E-state index in [2.05, 4.69) is 5.32 Å². The third kappa shape index (κ3) is 5.07. The van der Waals surface area contributed by atoms with E-state index in [1.165, 1.54) is 4.31 Å². The zero-order chi connectivity index (χ0) is 22.6. The molecule has 1 heterocycles. The Labute approximate surface area is 189 Å². The van der Waals surface area contributed by atoms with Crippen LogP contribution in [-0.2, 0) is 14.8 Å². The van der Waals surface area contributed by atoms with Gasteiger partial charge in [0.1, 0.15) is 0 Å². The molecule has 166 valence electrons. The first-order valence-corrected chi connectivity index (χ1v) is 12.1. The molecule has 0 saturated carbocycles. The number of benzene rings is 3. The largest absolute Gasteiger partial charge is 0.324 e. The highest BCUT2D eigenvalue weighted by Crippen LogP contribution is 2.27. The van der Waals surface area contributed by atoms with Gasteiger partial charge in [0.15, 0.2) is 0 Å². The molecule has 1 aliphatic heterocycles. The van der Waals surface area contributed by atoms with Crippen LogP contribution >= 0.6 is 0 Å². The van der Waals surface area contributed by atoms with Crippen molar-refractivity contribution < 1.29 is 13.2 Å². The molecule has 7 heteroatoms. The molecule has 1 saturated heterocycles. The van der Waals surface area contributed by atoms with E-state index < -0.39 is 10.0 Å². The number of hydrogen-bond acceptors (Lipinski definition) is 4. The van der Waals surface area contributed by atoms with E-state index in [9.17, 15) is 13.2 Å². The number of amides is 1. The number of nitrogens with one attached hydrogen (secondary N) is 1. The molecule has 0 unspecified atom stereocenters. The molecular formula is C25H27N3O3S. The number of carbonyl (C=O) groups excluding carboxylic acids is 1. The van der Waals surface area contributed by atoms with Gasteiger partial charge in [-0.15, -0.1) is 0 Å². The second-order valence-corrected chi connectivity index (χ2v) is 9.89. The lowest BCUT2D eigenvalue weighted by Crippen LogP contribution is -2.50. The topological polar surface area (TPSA) is 69.7 Å². The summed E-state index contributed by atoms with van der Waals surface area (Å²) < 4.78 is 27.2. The molecule has 0 atom stereocenters. The van der Waals surface area contributed by atoms with Crippen molar-refractivity contribution >= 4 is 21.6 Å². The van der Waals surface area contributed by atoms with Gasteiger partial charge in [-0.1, -0.05) is 66.2 Å². The second kappa shape index (κ2) is 9.65. The van der Waals surface area contributed by atoms with Crippen LogP contribution < -0.4 is 5.32 Å². The molecule has 1 amide bonds. The van der Waals surface area contributed by atoms with Crippen LogP contribution in [0.25, 0.3) is 11.1 Å². The molecule has 0 radical (unpaired) electrons. The number of rotatable bonds is 6. The van der Waals surface area contributed by atoms with E-state index in [-0.39, 0.29) is 12.5 Å². The van der Waals surface area contributed by atoms with E-state index in [0.29, 0.717) is 31.1 Å². The number of aryl methyl sites for hydroxylation is 1. The van der Waals surface area contributed by atoms with E-state index in [1.54, 1.807) is 24.3 Å². The van der Waals surface area contributed by atoms with Gasteiger partial charge in [0.25, 0.3) is 0 Å². The highest BCUT2D eigenvalue weighted by atomic mass is 32.2. The quantitative estimate of drug-likeness (QED) is 0.624. The maximum atomic E-state index is 12.9. The fourth-order valence-corrected chi connectivity index (χ4v) is 5.26. The number of sulfonamides is 1. The van der Waals surface area contributed by atoms with Gasteiger partial charge in [-0.25, -0.2) is 8.42 Å². The molecule has 0 spiro atoms. The minimum atomic E-state index is -3.51. The van der Waals surface area contributed by atoms with Gasteiger partial charge in [0, 0.05) is 37.4 Å². The highest BCUT2D eigenvalue weighted by molar-refractivity contribution is 7.89. The van der Waals surface area contributed by atoms with Crippen molar-refractivity contribution in [3.63, 3.8) is 0 Å². The summed E-state index contributed by atoms with van der Waals surface area (Å²) in [5, 5.41) is 3.02. The molecule has 6 nitrogen and oxygen atoms in total. The number of anilines is 1. The van der Waals surface area contributed by atoms with Crippen molar-refractivity contribution in [2.75, 3.05) is 38.0 Å². The smallest absolute Gasteiger partial charge is 0.243 e. The number of piperazine rings is 1. The molecule has 0 bridgehead atoms. The van der Waals surface area contributed by atoms with Crippen LogP contribution in [0, 0.1) is 6.92 Å². The minimum absolute atomic E-state index is 0.108. The van der Waals surface area contributed by atoms with E-state index in [4.69, 9.17) is 0 Å². The Hall–Kier alpha value is -3.00. The normalized spacial score (nSPS) is 15.4. The van der Waals surface area contributed by atoms with Crippen molar-refractivity contribution in [3.8, 4) is 11.1 Å². The number of nitrogens with zero attached hydrogens (tertiary/aromatic N) is 2. The molecule has 1 fully saturated rings. The first kappa shape index (κ1) is 22.2. The Morgan fingerprint density at radius 2 is 1.47 bits per heavy atom. The monoisotopic (exact) mass is 449 g/mol.